The summed E-state index contributed by atoms with van der Waals surface area (Å²) in [6.07, 6.45) is -4.49. The number of benzene rings is 1. The van der Waals surface area contributed by atoms with Crippen molar-refractivity contribution in [3.8, 4) is 11.8 Å². The van der Waals surface area contributed by atoms with E-state index in [9.17, 15) is 17.6 Å². The van der Waals surface area contributed by atoms with Gasteiger partial charge >= 0.3 is 6.18 Å². The van der Waals surface area contributed by atoms with Gasteiger partial charge in [-0.3, -0.25) is 11.3 Å². The van der Waals surface area contributed by atoms with E-state index < -0.39 is 23.6 Å². The third-order valence-corrected chi connectivity index (χ3v) is 2.38. The molecule has 1 aromatic rings. The van der Waals surface area contributed by atoms with Gasteiger partial charge in [-0.25, -0.2) is 4.39 Å². The Bertz CT molecular complexity index is 471. The second-order valence-electron chi connectivity index (χ2n) is 3.58. The molecule has 1 rings (SSSR count). The molecule has 0 aliphatic heterocycles. The maximum atomic E-state index is 13.1. The van der Waals surface area contributed by atoms with Crippen LogP contribution in [0.4, 0.5) is 17.6 Å². The van der Waals surface area contributed by atoms with Crippen molar-refractivity contribution in [1.82, 2.24) is 5.43 Å². The van der Waals surface area contributed by atoms with Crippen molar-refractivity contribution in [2.24, 2.45) is 5.84 Å². The van der Waals surface area contributed by atoms with Crippen LogP contribution in [0.15, 0.2) is 18.2 Å². The number of halogens is 4. The first-order valence-electron chi connectivity index (χ1n) is 5.12. The predicted octanol–water partition coefficient (Wildman–Crippen LogP) is 2.76. The van der Waals surface area contributed by atoms with Crippen LogP contribution in [-0.4, -0.2) is 0 Å². The van der Waals surface area contributed by atoms with E-state index in [0.717, 1.165) is 12.1 Å². The zero-order valence-electron chi connectivity index (χ0n) is 9.61. The van der Waals surface area contributed by atoms with Gasteiger partial charge < -0.3 is 0 Å². The minimum Gasteiger partial charge on any atom is -0.271 e. The van der Waals surface area contributed by atoms with Crippen LogP contribution >= 0.6 is 0 Å². The van der Waals surface area contributed by atoms with Crippen LogP contribution in [0.5, 0.6) is 0 Å². The molecular weight excluding hydrogens is 248 g/mol. The van der Waals surface area contributed by atoms with Gasteiger partial charge in [0, 0.05) is 6.42 Å². The van der Waals surface area contributed by atoms with E-state index in [1.54, 1.807) is 6.92 Å². The zero-order valence-corrected chi connectivity index (χ0v) is 9.61. The van der Waals surface area contributed by atoms with Gasteiger partial charge in [0.25, 0.3) is 0 Å². The summed E-state index contributed by atoms with van der Waals surface area (Å²) >= 11 is 0. The molecule has 0 saturated heterocycles. The molecular formula is C12H12F4N2. The number of alkyl halides is 3. The molecule has 98 valence electrons. The molecule has 0 aliphatic carbocycles. The number of hydrazine groups is 1. The van der Waals surface area contributed by atoms with E-state index in [-0.39, 0.29) is 12.0 Å². The monoisotopic (exact) mass is 260 g/mol. The lowest BCUT2D eigenvalue weighted by atomic mass is 9.98. The molecule has 6 heteroatoms. The van der Waals surface area contributed by atoms with Crippen LogP contribution in [-0.2, 0) is 6.18 Å². The van der Waals surface area contributed by atoms with Crippen LogP contribution in [0, 0.1) is 17.7 Å². The van der Waals surface area contributed by atoms with Gasteiger partial charge in [-0.05, 0) is 30.7 Å². The average molecular weight is 260 g/mol. The lowest BCUT2D eigenvalue weighted by Crippen LogP contribution is -2.29. The molecule has 0 amide bonds. The summed E-state index contributed by atoms with van der Waals surface area (Å²) < 4.78 is 51.4. The van der Waals surface area contributed by atoms with Gasteiger partial charge in [0.15, 0.2) is 0 Å². The molecule has 0 spiro atoms. The quantitative estimate of drug-likeness (QED) is 0.379. The van der Waals surface area contributed by atoms with Crippen molar-refractivity contribution < 1.29 is 17.6 Å². The summed E-state index contributed by atoms with van der Waals surface area (Å²) in [6, 6.07) is 1.43. The third-order valence-electron chi connectivity index (χ3n) is 2.38. The van der Waals surface area contributed by atoms with Crippen molar-refractivity contribution in [2.45, 2.75) is 25.6 Å². The lowest BCUT2D eigenvalue weighted by Gasteiger charge is -2.19. The van der Waals surface area contributed by atoms with Gasteiger partial charge in [-0.15, -0.1) is 11.8 Å². The van der Waals surface area contributed by atoms with Crippen LogP contribution in [0.3, 0.4) is 0 Å². The van der Waals surface area contributed by atoms with E-state index >= 15 is 0 Å². The van der Waals surface area contributed by atoms with Crippen molar-refractivity contribution in [3.63, 3.8) is 0 Å². The second kappa shape index (κ2) is 5.85. The summed E-state index contributed by atoms with van der Waals surface area (Å²) in [5.74, 6) is 9.62. The summed E-state index contributed by atoms with van der Waals surface area (Å²) in [7, 11) is 0. The molecule has 0 fully saturated rings. The maximum absolute atomic E-state index is 13.1. The minimum absolute atomic E-state index is 0.0690. The first-order valence-corrected chi connectivity index (χ1v) is 5.12. The Hall–Kier alpha value is -1.58. The van der Waals surface area contributed by atoms with Gasteiger partial charge in [0.1, 0.15) is 5.82 Å². The summed E-state index contributed by atoms with van der Waals surface area (Å²) in [6.45, 7) is 1.56. The van der Waals surface area contributed by atoms with Crippen LogP contribution < -0.4 is 11.3 Å². The van der Waals surface area contributed by atoms with Gasteiger partial charge in [-0.1, -0.05) is 0 Å². The highest BCUT2D eigenvalue weighted by atomic mass is 19.4. The van der Waals surface area contributed by atoms with E-state index in [2.05, 4.69) is 17.3 Å². The minimum atomic E-state index is -4.56. The van der Waals surface area contributed by atoms with Gasteiger partial charge in [0.2, 0.25) is 0 Å². The Morgan fingerprint density at radius 1 is 1.39 bits per heavy atom. The van der Waals surface area contributed by atoms with Crippen LogP contribution in [0.25, 0.3) is 0 Å². The summed E-state index contributed by atoms with van der Waals surface area (Å²) in [4.78, 5) is 0. The normalized spacial score (nSPS) is 12.8. The fraction of sp³-hybridized carbons (Fsp3) is 0.333. The Kier molecular flexibility index (Phi) is 4.70. The second-order valence-corrected chi connectivity index (χ2v) is 3.58. The molecule has 18 heavy (non-hydrogen) atoms. The Labute approximate surface area is 102 Å². The Balaban J connectivity index is 3.25. The topological polar surface area (TPSA) is 38.0 Å². The molecule has 3 N–H and O–H groups in total. The largest absolute Gasteiger partial charge is 0.416 e. The highest BCUT2D eigenvalue weighted by Crippen LogP contribution is 2.35. The molecule has 0 aliphatic rings. The van der Waals surface area contributed by atoms with Crippen molar-refractivity contribution in [3.05, 3.63) is 35.1 Å². The Morgan fingerprint density at radius 2 is 2.06 bits per heavy atom. The number of rotatable bonds is 3. The molecule has 2 nitrogen and oxygen atoms in total. The zero-order chi connectivity index (χ0) is 13.8. The molecule has 1 aromatic carbocycles. The molecule has 0 radical (unpaired) electrons. The highest BCUT2D eigenvalue weighted by Gasteiger charge is 2.35. The van der Waals surface area contributed by atoms with E-state index in [1.807, 2.05) is 0 Å². The van der Waals surface area contributed by atoms with Crippen molar-refractivity contribution >= 4 is 0 Å². The van der Waals surface area contributed by atoms with Gasteiger partial charge in [-0.2, -0.15) is 13.2 Å². The maximum Gasteiger partial charge on any atom is 0.416 e. The number of nitrogens with one attached hydrogen (secondary N) is 1. The first-order chi connectivity index (χ1) is 8.40. The third kappa shape index (κ3) is 3.45. The molecule has 0 saturated carbocycles. The smallest absolute Gasteiger partial charge is 0.271 e. The van der Waals surface area contributed by atoms with E-state index in [0.29, 0.717) is 6.07 Å². The van der Waals surface area contributed by atoms with Crippen LogP contribution in [0.2, 0.25) is 0 Å². The Morgan fingerprint density at radius 3 is 2.56 bits per heavy atom. The standard InChI is InChI=1S/C12H12F4N2/c1-2-3-4-11(18-17)9-7-8(13)5-6-10(9)12(14,15)16/h5-7,11,18H,4,17H2,1H3. The molecule has 1 atom stereocenters. The average Bonchev–Trinajstić information content (AvgIpc) is 2.28. The molecule has 0 bridgehead atoms. The SMILES string of the molecule is CC#CCC(NN)c1cc(F)ccc1C(F)(F)F. The van der Waals surface area contributed by atoms with Gasteiger partial charge in [0.05, 0.1) is 11.6 Å². The number of nitrogens with two attached hydrogens (primary N) is 1. The van der Waals surface area contributed by atoms with E-state index in [1.165, 1.54) is 0 Å². The fourth-order valence-corrected chi connectivity index (χ4v) is 1.54. The lowest BCUT2D eigenvalue weighted by molar-refractivity contribution is -0.138. The molecule has 0 heterocycles. The number of hydrogen-bond donors (Lipinski definition) is 2. The highest BCUT2D eigenvalue weighted by molar-refractivity contribution is 5.33. The molecule has 0 aromatic heterocycles. The van der Waals surface area contributed by atoms with E-state index in [4.69, 9.17) is 5.84 Å². The number of hydrogen-bond acceptors (Lipinski definition) is 2. The summed E-state index contributed by atoms with van der Waals surface area (Å²) in [5.41, 5.74) is 1.07. The summed E-state index contributed by atoms with van der Waals surface area (Å²) in [5, 5.41) is 0. The van der Waals surface area contributed by atoms with Crippen molar-refractivity contribution in [1.29, 1.82) is 0 Å². The van der Waals surface area contributed by atoms with Crippen LogP contribution in [0.1, 0.15) is 30.5 Å². The molecule has 1 unspecified atom stereocenters. The predicted molar refractivity (Wildman–Crippen MR) is 59.5 cm³/mol. The van der Waals surface area contributed by atoms with Crippen molar-refractivity contribution in [2.75, 3.05) is 0 Å². The fourth-order valence-electron chi connectivity index (χ4n) is 1.54. The first kappa shape index (κ1) is 14.5.